The van der Waals surface area contributed by atoms with E-state index in [0.717, 1.165) is 16.8 Å². The number of hydrazone groups is 1. The van der Waals surface area contributed by atoms with Crippen molar-refractivity contribution in [1.82, 2.24) is 5.01 Å². The fourth-order valence-electron chi connectivity index (χ4n) is 2.39. The molecular formula is C17H23N3O3. The minimum absolute atomic E-state index is 0.426. The molecule has 0 aliphatic carbocycles. The lowest BCUT2D eigenvalue weighted by Crippen LogP contribution is -2.28. The van der Waals surface area contributed by atoms with Crippen molar-refractivity contribution >= 4 is 24.2 Å². The maximum Gasteiger partial charge on any atom is 0.412 e. The monoisotopic (exact) mass is 317 g/mol. The molecule has 0 atom stereocenters. The summed E-state index contributed by atoms with van der Waals surface area (Å²) in [6, 6.07) is 5.56. The van der Waals surface area contributed by atoms with Crippen molar-refractivity contribution in [3.63, 3.8) is 0 Å². The van der Waals surface area contributed by atoms with Gasteiger partial charge in [0, 0.05) is 19.3 Å². The molecule has 0 fully saturated rings. The molecule has 0 spiro atoms. The van der Waals surface area contributed by atoms with Crippen molar-refractivity contribution in [1.29, 1.82) is 0 Å². The number of nitrogens with zero attached hydrogens (tertiary/aromatic N) is 2. The maximum absolute atomic E-state index is 12.0. The number of amides is 1. The van der Waals surface area contributed by atoms with Crippen molar-refractivity contribution in [2.24, 2.45) is 5.10 Å². The van der Waals surface area contributed by atoms with Crippen molar-refractivity contribution in [3.8, 4) is 5.75 Å². The molecule has 23 heavy (non-hydrogen) atoms. The van der Waals surface area contributed by atoms with Crippen molar-refractivity contribution < 1.29 is 14.3 Å². The number of para-hydroxylation sites is 1. The highest BCUT2D eigenvalue weighted by molar-refractivity contribution is 5.90. The van der Waals surface area contributed by atoms with E-state index in [9.17, 15) is 4.79 Å². The quantitative estimate of drug-likeness (QED) is 0.682. The Balaban J connectivity index is 2.35. The fourth-order valence-corrected chi connectivity index (χ4v) is 2.39. The summed E-state index contributed by atoms with van der Waals surface area (Å²) in [6.07, 6.45) is -0.516. The molecule has 0 saturated carbocycles. The summed E-state index contributed by atoms with van der Waals surface area (Å²) in [5, 5.41) is 8.41. The van der Waals surface area contributed by atoms with Crippen LogP contribution in [-0.2, 0) is 4.74 Å². The molecule has 1 aromatic rings. The van der Waals surface area contributed by atoms with Gasteiger partial charge in [0.25, 0.3) is 0 Å². The summed E-state index contributed by atoms with van der Waals surface area (Å²) >= 11 is 0. The van der Waals surface area contributed by atoms with E-state index in [2.05, 4.69) is 17.1 Å². The SMILES string of the molecule is C=NN(C)C1=C(C)COc2c(NC(=O)OC(C)(C)C)cccc21. The first-order valence-corrected chi connectivity index (χ1v) is 7.39. The predicted octanol–water partition coefficient (Wildman–Crippen LogP) is 3.70. The lowest BCUT2D eigenvalue weighted by molar-refractivity contribution is 0.0635. The first kappa shape index (κ1) is 16.9. The summed E-state index contributed by atoms with van der Waals surface area (Å²) in [7, 11) is 1.83. The topological polar surface area (TPSA) is 63.2 Å². The van der Waals surface area contributed by atoms with Crippen molar-refractivity contribution in [3.05, 3.63) is 29.3 Å². The van der Waals surface area contributed by atoms with Gasteiger partial charge >= 0.3 is 6.09 Å². The molecule has 1 heterocycles. The Morgan fingerprint density at radius 1 is 1.43 bits per heavy atom. The van der Waals surface area contributed by atoms with Gasteiger partial charge in [-0.2, -0.15) is 5.10 Å². The number of fused-ring (bicyclic) bond motifs is 1. The van der Waals surface area contributed by atoms with Crippen LogP contribution in [0.1, 0.15) is 33.3 Å². The highest BCUT2D eigenvalue weighted by Crippen LogP contribution is 2.39. The zero-order chi connectivity index (χ0) is 17.2. The van der Waals surface area contributed by atoms with E-state index in [1.54, 1.807) is 11.1 Å². The lowest BCUT2D eigenvalue weighted by Gasteiger charge is -2.28. The Bertz CT molecular complexity index is 660. The molecule has 0 bridgehead atoms. The van der Waals surface area contributed by atoms with E-state index < -0.39 is 11.7 Å². The van der Waals surface area contributed by atoms with E-state index in [1.807, 2.05) is 46.9 Å². The number of nitrogens with one attached hydrogen (secondary N) is 1. The van der Waals surface area contributed by atoms with Gasteiger partial charge in [0.1, 0.15) is 12.2 Å². The van der Waals surface area contributed by atoms with Crippen LogP contribution in [-0.4, -0.2) is 37.1 Å². The average Bonchev–Trinajstić information content (AvgIpc) is 2.44. The zero-order valence-corrected chi connectivity index (χ0v) is 14.3. The normalized spacial score (nSPS) is 13.8. The van der Waals surface area contributed by atoms with Gasteiger partial charge in [0.15, 0.2) is 5.75 Å². The molecule has 1 N–H and O–H groups in total. The third kappa shape index (κ3) is 3.83. The highest BCUT2D eigenvalue weighted by atomic mass is 16.6. The predicted molar refractivity (Wildman–Crippen MR) is 91.7 cm³/mol. The maximum atomic E-state index is 12.0. The summed E-state index contributed by atoms with van der Waals surface area (Å²) in [5.41, 5.74) is 2.83. The molecule has 1 aromatic carbocycles. The van der Waals surface area contributed by atoms with Gasteiger partial charge in [0.05, 0.1) is 11.4 Å². The van der Waals surface area contributed by atoms with Gasteiger partial charge in [-0.1, -0.05) is 6.07 Å². The molecule has 0 aromatic heterocycles. The van der Waals surface area contributed by atoms with Crippen LogP contribution < -0.4 is 10.1 Å². The Morgan fingerprint density at radius 2 is 2.13 bits per heavy atom. The average molecular weight is 317 g/mol. The third-order valence-electron chi connectivity index (χ3n) is 3.28. The Hall–Kier alpha value is -2.50. The Labute approximate surface area is 136 Å². The summed E-state index contributed by atoms with van der Waals surface area (Å²) in [6.45, 7) is 11.4. The van der Waals surface area contributed by atoms with Gasteiger partial charge in [-0.25, -0.2) is 4.79 Å². The Kier molecular flexibility index (Phi) is 4.63. The molecule has 1 amide bonds. The number of benzene rings is 1. The summed E-state index contributed by atoms with van der Waals surface area (Å²) in [5.74, 6) is 0.606. The van der Waals surface area contributed by atoms with E-state index in [4.69, 9.17) is 9.47 Å². The molecule has 124 valence electrons. The minimum Gasteiger partial charge on any atom is -0.486 e. The standard InChI is InChI=1S/C17H23N3O3/c1-11-10-22-15-12(14(11)20(6)18-5)8-7-9-13(15)19-16(21)23-17(2,3)4/h7-9H,5,10H2,1-4,6H3,(H,19,21). The number of anilines is 1. The minimum atomic E-state index is -0.561. The largest absolute Gasteiger partial charge is 0.486 e. The van der Waals surface area contributed by atoms with E-state index in [-0.39, 0.29) is 0 Å². The van der Waals surface area contributed by atoms with Crippen LogP contribution in [0.2, 0.25) is 0 Å². The molecule has 6 heteroatoms. The smallest absolute Gasteiger partial charge is 0.412 e. The molecule has 0 unspecified atom stereocenters. The number of rotatable bonds is 3. The number of carbonyl (C=O) groups excluding carboxylic acids is 1. The van der Waals surface area contributed by atoms with Gasteiger partial charge in [-0.05, 0) is 45.4 Å². The van der Waals surface area contributed by atoms with E-state index >= 15 is 0 Å². The van der Waals surface area contributed by atoms with Crippen LogP contribution >= 0.6 is 0 Å². The second kappa shape index (κ2) is 6.32. The molecule has 2 rings (SSSR count). The van der Waals surface area contributed by atoms with Crippen LogP contribution in [0.3, 0.4) is 0 Å². The molecule has 1 aliphatic rings. The van der Waals surface area contributed by atoms with Crippen LogP contribution in [0, 0.1) is 0 Å². The van der Waals surface area contributed by atoms with Gasteiger partial charge in [0.2, 0.25) is 0 Å². The molecule has 0 saturated heterocycles. The lowest BCUT2D eigenvalue weighted by atomic mass is 10.0. The number of hydrogen-bond acceptors (Lipinski definition) is 5. The molecule has 1 aliphatic heterocycles. The Morgan fingerprint density at radius 3 is 2.74 bits per heavy atom. The van der Waals surface area contributed by atoms with Crippen LogP contribution in [0.15, 0.2) is 28.9 Å². The number of ether oxygens (including phenoxy) is 2. The summed E-state index contributed by atoms with van der Waals surface area (Å²) in [4.78, 5) is 12.0. The molecule has 6 nitrogen and oxygen atoms in total. The van der Waals surface area contributed by atoms with Gasteiger partial charge < -0.3 is 9.47 Å². The second-order valence-corrected chi connectivity index (χ2v) is 6.39. The number of hydrogen-bond donors (Lipinski definition) is 1. The van der Waals surface area contributed by atoms with Crippen molar-refractivity contribution in [2.75, 3.05) is 19.0 Å². The third-order valence-corrected chi connectivity index (χ3v) is 3.28. The summed E-state index contributed by atoms with van der Waals surface area (Å²) < 4.78 is 11.1. The molecular weight excluding hydrogens is 294 g/mol. The van der Waals surface area contributed by atoms with E-state index in [1.165, 1.54) is 0 Å². The van der Waals surface area contributed by atoms with Gasteiger partial charge in [-0.3, -0.25) is 10.3 Å². The highest BCUT2D eigenvalue weighted by Gasteiger charge is 2.25. The van der Waals surface area contributed by atoms with Gasteiger partial charge in [-0.15, -0.1) is 0 Å². The second-order valence-electron chi connectivity index (χ2n) is 6.39. The van der Waals surface area contributed by atoms with Crippen LogP contribution in [0.5, 0.6) is 5.75 Å². The first-order valence-electron chi connectivity index (χ1n) is 7.39. The van der Waals surface area contributed by atoms with Crippen LogP contribution in [0.4, 0.5) is 10.5 Å². The fraction of sp³-hybridized carbons (Fsp3) is 0.412. The van der Waals surface area contributed by atoms with E-state index in [0.29, 0.717) is 18.0 Å². The zero-order valence-electron chi connectivity index (χ0n) is 14.3. The molecule has 0 radical (unpaired) electrons. The van der Waals surface area contributed by atoms with Crippen molar-refractivity contribution in [2.45, 2.75) is 33.3 Å². The number of carbonyl (C=O) groups is 1. The van der Waals surface area contributed by atoms with Crippen LogP contribution in [0.25, 0.3) is 5.70 Å². The first-order chi connectivity index (χ1) is 10.7.